The quantitative estimate of drug-likeness (QED) is 0.582. The summed E-state index contributed by atoms with van der Waals surface area (Å²) in [7, 11) is -8.74. The molecule has 3 rings (SSSR count). The van der Waals surface area contributed by atoms with E-state index < -0.39 is 32.2 Å². The lowest BCUT2D eigenvalue weighted by Crippen LogP contribution is -2.45. The van der Waals surface area contributed by atoms with Crippen molar-refractivity contribution in [2.45, 2.75) is 24.3 Å². The Balaban J connectivity index is 1.83. The van der Waals surface area contributed by atoms with Crippen molar-refractivity contribution in [3.8, 4) is 5.75 Å². The van der Waals surface area contributed by atoms with E-state index in [1.54, 1.807) is 0 Å². The fraction of sp³-hybridized carbons (Fsp3) is 0.500. The van der Waals surface area contributed by atoms with E-state index in [4.69, 9.17) is 0 Å². The number of halogens is 3. The van der Waals surface area contributed by atoms with Gasteiger partial charge in [0.2, 0.25) is 0 Å². The van der Waals surface area contributed by atoms with E-state index >= 15 is 0 Å². The zero-order valence-corrected chi connectivity index (χ0v) is 15.0. The highest BCUT2D eigenvalue weighted by atomic mass is 32.3. The lowest BCUT2D eigenvalue weighted by atomic mass is 9.89. The number of piperidine rings is 1. The van der Waals surface area contributed by atoms with Gasteiger partial charge in [0.1, 0.15) is 11.6 Å². The van der Waals surface area contributed by atoms with Gasteiger partial charge in [-0.1, -0.05) is 22.9 Å². The summed E-state index contributed by atoms with van der Waals surface area (Å²) in [6, 6.07) is 5.19. The van der Waals surface area contributed by atoms with Gasteiger partial charge in [0.05, 0.1) is 5.75 Å². The number of hydrogen-bond acceptors (Lipinski definition) is 7. The molecule has 0 saturated carbocycles. The number of hydrogen-bond donors (Lipinski definition) is 2. The average molecular weight is 414 g/mol. The molecular weight excluding hydrogens is 397 g/mol. The largest absolute Gasteiger partial charge is 0.534 e. The number of nitrogens with zero attached hydrogens (tertiary/aromatic N) is 2. The number of alkyl halides is 3. The molecule has 146 valence electrons. The van der Waals surface area contributed by atoms with Crippen LogP contribution in [0.25, 0.3) is 0 Å². The summed E-state index contributed by atoms with van der Waals surface area (Å²) in [5.41, 5.74) is -4.82. The fourth-order valence-corrected chi connectivity index (χ4v) is 4.53. The monoisotopic (exact) mass is 414 g/mol. The van der Waals surface area contributed by atoms with Gasteiger partial charge < -0.3 is 9.08 Å². The Kier molecular flexibility index (Phi) is 4.88. The van der Waals surface area contributed by atoms with Crippen molar-refractivity contribution in [3.05, 3.63) is 29.8 Å². The molecule has 26 heavy (non-hydrogen) atoms. The Morgan fingerprint density at radius 2 is 1.85 bits per heavy atom. The minimum atomic E-state index is -5.72. The molecule has 1 saturated heterocycles. The van der Waals surface area contributed by atoms with E-state index in [1.165, 1.54) is 12.1 Å². The molecule has 0 unspecified atom stereocenters. The van der Waals surface area contributed by atoms with Gasteiger partial charge in [-0.25, -0.2) is 0 Å². The molecule has 1 aromatic carbocycles. The van der Waals surface area contributed by atoms with Crippen molar-refractivity contribution >= 4 is 26.7 Å². The lowest BCUT2D eigenvalue weighted by Gasteiger charge is -2.43. The molecule has 0 spiro atoms. The van der Waals surface area contributed by atoms with Crippen LogP contribution in [0.4, 0.5) is 13.2 Å². The number of rotatable bonds is 3. The van der Waals surface area contributed by atoms with Gasteiger partial charge in [0.15, 0.2) is 0 Å². The Morgan fingerprint density at radius 3 is 2.46 bits per heavy atom. The van der Waals surface area contributed by atoms with E-state index in [1.807, 2.05) is 4.90 Å². The van der Waals surface area contributed by atoms with Crippen molar-refractivity contribution in [2.24, 2.45) is 4.40 Å². The first-order valence-electron chi connectivity index (χ1n) is 7.70. The van der Waals surface area contributed by atoms with Gasteiger partial charge in [-0.3, -0.25) is 9.11 Å². The summed E-state index contributed by atoms with van der Waals surface area (Å²) in [4.78, 5) is 1.96. The predicted octanol–water partition coefficient (Wildman–Crippen LogP) is 3.17. The van der Waals surface area contributed by atoms with Gasteiger partial charge in [0.25, 0.3) is 0 Å². The van der Waals surface area contributed by atoms with Crippen LogP contribution in [0.1, 0.15) is 24.3 Å². The third kappa shape index (κ3) is 3.92. The normalized spacial score (nSPS) is 24.4. The fourth-order valence-electron chi connectivity index (χ4n) is 2.97. The van der Waals surface area contributed by atoms with Crippen molar-refractivity contribution < 1.29 is 34.9 Å². The Morgan fingerprint density at radius 1 is 1.19 bits per heavy atom. The molecule has 0 radical (unpaired) electrons. The number of amidine groups is 1. The molecule has 1 fully saturated rings. The summed E-state index contributed by atoms with van der Waals surface area (Å²) < 4.78 is 87.1. The molecule has 0 aliphatic carbocycles. The maximum Gasteiger partial charge on any atom is 0.534 e. The second kappa shape index (κ2) is 6.59. The summed E-state index contributed by atoms with van der Waals surface area (Å²) in [5, 5.41) is 0. The van der Waals surface area contributed by atoms with E-state index in [9.17, 15) is 30.7 Å². The van der Waals surface area contributed by atoms with Gasteiger partial charge in [-0.15, -0.1) is 4.40 Å². The van der Waals surface area contributed by atoms with Crippen molar-refractivity contribution in [3.63, 3.8) is 0 Å². The second-order valence-electron chi connectivity index (χ2n) is 6.02. The molecule has 1 atom stereocenters. The standard InChI is InChI=1S/C14H17F3N2O5S2/c15-14(16,17)26(22,23)24-11-5-3-10(4-6-11)12-2-1-7-19-8-9-25(20,21)18-13(12)19/h3-6,12,20-21H,1-2,7-9H2/t12-/m0/s1. The van der Waals surface area contributed by atoms with Crippen LogP contribution in [0.5, 0.6) is 5.75 Å². The van der Waals surface area contributed by atoms with Crippen molar-refractivity contribution in [1.82, 2.24) is 4.90 Å². The van der Waals surface area contributed by atoms with Crippen LogP contribution in [-0.4, -0.2) is 52.6 Å². The van der Waals surface area contributed by atoms with Crippen LogP contribution in [0.15, 0.2) is 28.7 Å². The first-order valence-corrected chi connectivity index (χ1v) is 10.8. The van der Waals surface area contributed by atoms with E-state index in [0.29, 0.717) is 24.4 Å². The summed E-state index contributed by atoms with van der Waals surface area (Å²) in [6.07, 6.45) is 1.54. The molecule has 12 heteroatoms. The zero-order chi connectivity index (χ0) is 19.2. The first-order chi connectivity index (χ1) is 12.0. The Bertz CT molecular complexity index is 809. The topological polar surface area (TPSA) is 99.4 Å². The third-order valence-corrected chi connectivity index (χ3v) is 6.39. The van der Waals surface area contributed by atoms with E-state index in [2.05, 4.69) is 8.58 Å². The molecule has 1 aromatic rings. The maximum atomic E-state index is 12.4. The molecular formula is C14H17F3N2O5S2. The van der Waals surface area contributed by atoms with Gasteiger partial charge in [-0.05, 0) is 30.5 Å². The third-order valence-electron chi connectivity index (χ3n) is 4.20. The molecule has 2 heterocycles. The summed E-state index contributed by atoms with van der Waals surface area (Å²) >= 11 is 0. The number of benzene rings is 1. The van der Waals surface area contributed by atoms with Gasteiger partial charge in [0, 0.05) is 19.0 Å². The van der Waals surface area contributed by atoms with Crippen LogP contribution in [0.2, 0.25) is 0 Å². The van der Waals surface area contributed by atoms with Crippen LogP contribution in [0, 0.1) is 0 Å². The van der Waals surface area contributed by atoms with Crippen molar-refractivity contribution in [2.75, 3.05) is 18.8 Å². The summed E-state index contributed by atoms with van der Waals surface area (Å²) in [5.74, 6) is 0.0156. The average Bonchev–Trinajstić information content (AvgIpc) is 2.53. The molecule has 0 bridgehead atoms. The molecule has 2 aliphatic heterocycles. The van der Waals surface area contributed by atoms with Crippen LogP contribution < -0.4 is 4.18 Å². The van der Waals surface area contributed by atoms with Gasteiger partial charge in [-0.2, -0.15) is 21.6 Å². The van der Waals surface area contributed by atoms with E-state index in [-0.39, 0.29) is 11.7 Å². The highest BCUT2D eigenvalue weighted by Gasteiger charge is 2.48. The molecule has 2 aliphatic rings. The van der Waals surface area contributed by atoms with Crippen LogP contribution in [-0.2, 0) is 10.1 Å². The van der Waals surface area contributed by atoms with E-state index in [0.717, 1.165) is 25.1 Å². The SMILES string of the molecule is O=S(=O)(Oc1ccc([C@@H]2CCCN3CCS(O)(O)N=C23)cc1)C(F)(F)F. The maximum absolute atomic E-state index is 12.4. The van der Waals surface area contributed by atoms with Gasteiger partial charge >= 0.3 is 15.6 Å². The Labute approximate surface area is 150 Å². The van der Waals surface area contributed by atoms with Crippen molar-refractivity contribution in [1.29, 1.82) is 0 Å². The minimum Gasteiger partial charge on any atom is -0.376 e. The minimum absolute atomic E-state index is 0.172. The molecule has 0 amide bonds. The lowest BCUT2D eigenvalue weighted by molar-refractivity contribution is -0.0500. The predicted molar refractivity (Wildman–Crippen MR) is 90.7 cm³/mol. The smallest absolute Gasteiger partial charge is 0.376 e. The molecule has 2 N–H and O–H groups in total. The molecule has 7 nitrogen and oxygen atoms in total. The highest BCUT2D eigenvalue weighted by Crippen LogP contribution is 2.46. The van der Waals surface area contributed by atoms with Crippen LogP contribution >= 0.6 is 10.8 Å². The van der Waals surface area contributed by atoms with Crippen LogP contribution in [0.3, 0.4) is 0 Å². The first kappa shape index (κ1) is 19.3. The second-order valence-corrected chi connectivity index (χ2v) is 9.41. The summed E-state index contributed by atoms with van der Waals surface area (Å²) in [6.45, 7) is 1.22. The Hall–Kier alpha value is -1.50. The zero-order valence-electron chi connectivity index (χ0n) is 13.4. The highest BCUT2D eigenvalue weighted by molar-refractivity contribution is 8.23. The molecule has 0 aromatic heterocycles. The number of fused-ring (bicyclic) bond motifs is 1.